The van der Waals surface area contributed by atoms with Crippen LogP contribution >= 0.6 is 0 Å². The molecular formula is C12H13NO2. The highest BCUT2D eigenvalue weighted by molar-refractivity contribution is 5.82. The van der Waals surface area contributed by atoms with E-state index in [-0.39, 0.29) is 5.56 Å². The van der Waals surface area contributed by atoms with Gasteiger partial charge in [0, 0.05) is 16.5 Å². The lowest BCUT2D eigenvalue weighted by Crippen LogP contribution is -2.17. The van der Waals surface area contributed by atoms with Crippen LogP contribution in [-0.2, 0) is 0 Å². The van der Waals surface area contributed by atoms with Gasteiger partial charge < -0.3 is 10.1 Å². The molecule has 2 rings (SSSR count). The van der Waals surface area contributed by atoms with Gasteiger partial charge in [-0.1, -0.05) is 18.2 Å². The lowest BCUT2D eigenvalue weighted by atomic mass is 10.0. The fraction of sp³-hybridized carbons (Fsp3) is 0.250. The number of para-hydroxylation sites is 1. The molecule has 1 unspecified atom stereocenters. The second-order valence-corrected chi connectivity index (χ2v) is 3.71. The predicted octanol–water partition coefficient (Wildman–Crippen LogP) is 1.89. The molecule has 0 saturated carbocycles. The fourth-order valence-electron chi connectivity index (χ4n) is 1.93. The van der Waals surface area contributed by atoms with E-state index in [0.717, 1.165) is 16.5 Å². The van der Waals surface area contributed by atoms with E-state index >= 15 is 0 Å². The molecule has 78 valence electrons. The standard InChI is InChI=1S/C12H13NO2/c1-7-9-5-3-4-6-10(9)13-12(15)11(7)8(2)14/h3-6,8,14H,1-2H3,(H,13,15). The summed E-state index contributed by atoms with van der Waals surface area (Å²) >= 11 is 0. The molecular weight excluding hydrogens is 190 g/mol. The molecule has 0 aliphatic heterocycles. The molecule has 0 amide bonds. The van der Waals surface area contributed by atoms with Crippen LogP contribution in [0.4, 0.5) is 0 Å². The van der Waals surface area contributed by atoms with Crippen molar-refractivity contribution < 1.29 is 5.11 Å². The first-order chi connectivity index (χ1) is 7.11. The molecule has 3 heteroatoms. The third-order valence-corrected chi connectivity index (χ3v) is 2.65. The minimum absolute atomic E-state index is 0.207. The summed E-state index contributed by atoms with van der Waals surface area (Å²) in [5.41, 5.74) is 1.91. The number of benzene rings is 1. The Kier molecular flexibility index (Phi) is 2.32. The first-order valence-electron chi connectivity index (χ1n) is 4.91. The van der Waals surface area contributed by atoms with Crippen molar-refractivity contribution in [1.82, 2.24) is 4.98 Å². The molecule has 3 nitrogen and oxygen atoms in total. The first kappa shape index (κ1) is 9.93. The van der Waals surface area contributed by atoms with Crippen LogP contribution < -0.4 is 5.56 Å². The highest BCUT2D eigenvalue weighted by Gasteiger charge is 2.12. The second kappa shape index (κ2) is 3.51. The van der Waals surface area contributed by atoms with Gasteiger partial charge in [-0.25, -0.2) is 0 Å². The van der Waals surface area contributed by atoms with Crippen LogP contribution in [0.5, 0.6) is 0 Å². The van der Waals surface area contributed by atoms with Crippen LogP contribution in [0.15, 0.2) is 29.1 Å². The van der Waals surface area contributed by atoms with Gasteiger partial charge in [0.25, 0.3) is 5.56 Å². The molecule has 2 N–H and O–H groups in total. The Morgan fingerprint density at radius 3 is 2.67 bits per heavy atom. The number of aliphatic hydroxyl groups excluding tert-OH is 1. The number of aromatic nitrogens is 1. The third-order valence-electron chi connectivity index (χ3n) is 2.65. The number of fused-ring (bicyclic) bond motifs is 1. The predicted molar refractivity (Wildman–Crippen MR) is 59.9 cm³/mol. The average molecular weight is 203 g/mol. The Morgan fingerprint density at radius 1 is 1.33 bits per heavy atom. The van der Waals surface area contributed by atoms with Crippen LogP contribution in [0.25, 0.3) is 10.9 Å². The molecule has 0 aliphatic rings. The van der Waals surface area contributed by atoms with E-state index in [1.165, 1.54) is 0 Å². The van der Waals surface area contributed by atoms with Crippen molar-refractivity contribution in [2.24, 2.45) is 0 Å². The minimum atomic E-state index is -0.738. The Morgan fingerprint density at radius 2 is 2.00 bits per heavy atom. The van der Waals surface area contributed by atoms with E-state index in [9.17, 15) is 9.90 Å². The highest BCUT2D eigenvalue weighted by atomic mass is 16.3. The lowest BCUT2D eigenvalue weighted by molar-refractivity contribution is 0.197. The van der Waals surface area contributed by atoms with Gasteiger partial charge >= 0.3 is 0 Å². The maximum atomic E-state index is 11.7. The summed E-state index contributed by atoms with van der Waals surface area (Å²) in [6.45, 7) is 3.46. The maximum absolute atomic E-state index is 11.7. The number of hydrogen-bond donors (Lipinski definition) is 2. The fourth-order valence-corrected chi connectivity index (χ4v) is 1.93. The van der Waals surface area contributed by atoms with Crippen molar-refractivity contribution in [1.29, 1.82) is 0 Å². The van der Waals surface area contributed by atoms with Crippen molar-refractivity contribution in [3.8, 4) is 0 Å². The molecule has 0 spiro atoms. The van der Waals surface area contributed by atoms with Gasteiger partial charge in [0.15, 0.2) is 0 Å². The van der Waals surface area contributed by atoms with Crippen molar-refractivity contribution in [2.45, 2.75) is 20.0 Å². The quantitative estimate of drug-likeness (QED) is 0.743. The van der Waals surface area contributed by atoms with Crippen molar-refractivity contribution >= 4 is 10.9 Å². The van der Waals surface area contributed by atoms with Gasteiger partial charge in [0.05, 0.1) is 6.10 Å². The van der Waals surface area contributed by atoms with E-state index in [1.54, 1.807) is 6.92 Å². The van der Waals surface area contributed by atoms with Gasteiger partial charge in [0.2, 0.25) is 0 Å². The summed E-state index contributed by atoms with van der Waals surface area (Å²) in [5.74, 6) is 0. The number of aliphatic hydroxyl groups is 1. The molecule has 0 radical (unpaired) electrons. The van der Waals surface area contributed by atoms with Crippen LogP contribution in [0.2, 0.25) is 0 Å². The number of H-pyrrole nitrogens is 1. The zero-order valence-electron chi connectivity index (χ0n) is 8.74. The average Bonchev–Trinajstić information content (AvgIpc) is 2.17. The summed E-state index contributed by atoms with van der Waals surface area (Å²) < 4.78 is 0. The zero-order valence-corrected chi connectivity index (χ0v) is 8.74. The Balaban J connectivity index is 2.90. The maximum Gasteiger partial charge on any atom is 0.254 e. The number of nitrogens with one attached hydrogen (secondary N) is 1. The largest absolute Gasteiger partial charge is 0.388 e. The van der Waals surface area contributed by atoms with E-state index in [0.29, 0.717) is 5.56 Å². The summed E-state index contributed by atoms with van der Waals surface area (Å²) in [5, 5.41) is 10.5. The summed E-state index contributed by atoms with van der Waals surface area (Å²) in [6, 6.07) is 7.58. The van der Waals surface area contributed by atoms with Crippen molar-refractivity contribution in [2.75, 3.05) is 0 Å². The number of hydrogen-bond acceptors (Lipinski definition) is 2. The first-order valence-corrected chi connectivity index (χ1v) is 4.91. The number of pyridine rings is 1. The number of aryl methyl sites for hydroxylation is 1. The van der Waals surface area contributed by atoms with Crippen molar-refractivity contribution in [3.63, 3.8) is 0 Å². The van der Waals surface area contributed by atoms with Gasteiger partial charge in [-0.2, -0.15) is 0 Å². The topological polar surface area (TPSA) is 53.1 Å². The molecule has 1 aromatic heterocycles. The third kappa shape index (κ3) is 1.55. The molecule has 0 fully saturated rings. The zero-order chi connectivity index (χ0) is 11.0. The Bertz CT molecular complexity index is 555. The van der Waals surface area contributed by atoms with Crippen LogP contribution in [0.3, 0.4) is 0 Å². The Labute approximate surface area is 87.4 Å². The molecule has 0 bridgehead atoms. The number of rotatable bonds is 1. The molecule has 1 aromatic carbocycles. The highest BCUT2D eigenvalue weighted by Crippen LogP contribution is 2.20. The lowest BCUT2D eigenvalue weighted by Gasteiger charge is -2.10. The van der Waals surface area contributed by atoms with E-state index in [2.05, 4.69) is 4.98 Å². The van der Waals surface area contributed by atoms with Gasteiger partial charge in [-0.3, -0.25) is 4.79 Å². The van der Waals surface area contributed by atoms with E-state index in [4.69, 9.17) is 0 Å². The van der Waals surface area contributed by atoms with Gasteiger partial charge in [-0.15, -0.1) is 0 Å². The molecule has 2 aromatic rings. The SMILES string of the molecule is Cc1c(C(C)O)c(=O)[nH]c2ccccc12. The minimum Gasteiger partial charge on any atom is -0.388 e. The Hall–Kier alpha value is -1.61. The van der Waals surface area contributed by atoms with E-state index < -0.39 is 6.10 Å². The van der Waals surface area contributed by atoms with E-state index in [1.807, 2.05) is 31.2 Å². The number of aromatic amines is 1. The van der Waals surface area contributed by atoms with Crippen LogP contribution in [-0.4, -0.2) is 10.1 Å². The summed E-state index contributed by atoms with van der Waals surface area (Å²) in [7, 11) is 0. The monoisotopic (exact) mass is 203 g/mol. The van der Waals surface area contributed by atoms with Gasteiger partial charge in [0.1, 0.15) is 0 Å². The molecule has 0 aliphatic carbocycles. The summed E-state index contributed by atoms with van der Waals surface area (Å²) in [6.07, 6.45) is -0.738. The normalized spacial score (nSPS) is 13.0. The van der Waals surface area contributed by atoms with Gasteiger partial charge in [-0.05, 0) is 25.5 Å². The summed E-state index contributed by atoms with van der Waals surface area (Å²) in [4.78, 5) is 14.4. The van der Waals surface area contributed by atoms with Crippen molar-refractivity contribution in [3.05, 3.63) is 45.7 Å². The molecule has 1 heterocycles. The molecule has 0 saturated heterocycles. The molecule has 15 heavy (non-hydrogen) atoms. The second-order valence-electron chi connectivity index (χ2n) is 3.71. The smallest absolute Gasteiger partial charge is 0.254 e. The molecule has 1 atom stereocenters. The van der Waals surface area contributed by atoms with Crippen LogP contribution in [0, 0.1) is 6.92 Å². The van der Waals surface area contributed by atoms with Crippen LogP contribution in [0.1, 0.15) is 24.2 Å².